The van der Waals surface area contributed by atoms with Gasteiger partial charge in [-0.15, -0.1) is 0 Å². The quantitative estimate of drug-likeness (QED) is 0.489. The molecule has 8 heteroatoms. The molecule has 3 aliphatic rings. The second-order valence-electron chi connectivity index (χ2n) is 9.61. The number of piperazine rings is 1. The number of likely N-dealkylation sites (tertiary alicyclic amines) is 1. The lowest BCUT2D eigenvalue weighted by Gasteiger charge is -2.30. The van der Waals surface area contributed by atoms with Crippen LogP contribution >= 0.6 is 0 Å². The van der Waals surface area contributed by atoms with Gasteiger partial charge < -0.3 is 19.9 Å². The monoisotopic (exact) mass is 458 g/mol. The van der Waals surface area contributed by atoms with Crippen LogP contribution in [0.15, 0.2) is 42.6 Å². The number of ether oxygens (including phenoxy) is 1. The number of nitrogens with one attached hydrogen (secondary N) is 2. The molecule has 2 unspecified atom stereocenters. The fourth-order valence-electron chi connectivity index (χ4n) is 5.80. The van der Waals surface area contributed by atoms with Crippen LogP contribution in [0.5, 0.6) is 0 Å². The smallest absolute Gasteiger partial charge is 0.165 e. The van der Waals surface area contributed by atoms with E-state index in [2.05, 4.69) is 38.3 Å². The number of halogens is 1. The molecule has 2 N–H and O–H groups in total. The molecule has 7 nitrogen and oxygen atoms in total. The van der Waals surface area contributed by atoms with Gasteiger partial charge in [0.1, 0.15) is 11.6 Å². The Balaban J connectivity index is 1.35. The minimum atomic E-state index is -0.311. The van der Waals surface area contributed by atoms with Crippen LogP contribution in [0.25, 0.3) is 33.2 Å². The first-order chi connectivity index (χ1) is 16.7. The summed E-state index contributed by atoms with van der Waals surface area (Å²) < 4.78 is 20.7. The second kappa shape index (κ2) is 8.01. The summed E-state index contributed by atoms with van der Waals surface area (Å²) in [7, 11) is 0. The Labute approximate surface area is 196 Å². The van der Waals surface area contributed by atoms with E-state index in [0.717, 1.165) is 60.3 Å². The molecule has 4 aromatic rings. The van der Waals surface area contributed by atoms with Crippen LogP contribution in [0.3, 0.4) is 0 Å². The molecule has 0 spiro atoms. The van der Waals surface area contributed by atoms with Gasteiger partial charge in [0.2, 0.25) is 0 Å². The van der Waals surface area contributed by atoms with E-state index in [1.807, 2.05) is 12.3 Å². The van der Waals surface area contributed by atoms with Crippen molar-refractivity contribution >= 4 is 27.6 Å². The maximum atomic E-state index is 15.1. The van der Waals surface area contributed by atoms with Crippen molar-refractivity contribution in [1.82, 2.24) is 25.2 Å². The van der Waals surface area contributed by atoms with Crippen LogP contribution in [0.1, 0.15) is 12.0 Å². The van der Waals surface area contributed by atoms with Crippen molar-refractivity contribution in [2.24, 2.45) is 0 Å². The number of nitrogens with zero attached hydrogens (tertiary/aromatic N) is 4. The Morgan fingerprint density at radius 1 is 1.06 bits per heavy atom. The van der Waals surface area contributed by atoms with Gasteiger partial charge >= 0.3 is 0 Å². The first kappa shape index (κ1) is 20.3. The maximum absolute atomic E-state index is 15.1. The molecule has 0 aliphatic carbocycles. The van der Waals surface area contributed by atoms with Crippen LogP contribution in [-0.2, 0) is 11.3 Å². The number of H-pyrrole nitrogens is 1. The van der Waals surface area contributed by atoms with Crippen molar-refractivity contribution in [1.29, 1.82) is 0 Å². The highest BCUT2D eigenvalue weighted by atomic mass is 19.1. The van der Waals surface area contributed by atoms with Gasteiger partial charge in [-0.2, -0.15) is 0 Å². The molecule has 2 aromatic heterocycles. The average molecular weight is 459 g/mol. The fraction of sp³-hybridized carbons (Fsp3) is 0.385. The molecule has 7 rings (SSSR count). The lowest BCUT2D eigenvalue weighted by Crippen LogP contribution is -2.42. The van der Waals surface area contributed by atoms with Gasteiger partial charge in [-0.3, -0.25) is 4.90 Å². The van der Waals surface area contributed by atoms with Crippen molar-refractivity contribution in [3.8, 4) is 11.4 Å². The summed E-state index contributed by atoms with van der Waals surface area (Å²) in [4.78, 5) is 17.8. The number of aromatic nitrogens is 3. The highest BCUT2D eigenvalue weighted by molar-refractivity contribution is 5.97. The van der Waals surface area contributed by atoms with Gasteiger partial charge in [0.05, 0.1) is 24.3 Å². The Kier molecular flexibility index (Phi) is 4.78. The molecule has 0 radical (unpaired) electrons. The third-order valence-electron chi connectivity index (χ3n) is 7.51. The van der Waals surface area contributed by atoms with Gasteiger partial charge in [0.15, 0.2) is 5.82 Å². The second-order valence-corrected chi connectivity index (χ2v) is 9.61. The van der Waals surface area contributed by atoms with E-state index in [9.17, 15) is 0 Å². The molecule has 3 aliphatic heterocycles. The van der Waals surface area contributed by atoms with E-state index < -0.39 is 0 Å². The molecule has 3 fully saturated rings. The Bertz CT molecular complexity index is 1380. The van der Waals surface area contributed by atoms with Crippen LogP contribution in [0.2, 0.25) is 0 Å². The van der Waals surface area contributed by atoms with E-state index >= 15 is 4.39 Å². The third kappa shape index (κ3) is 3.36. The summed E-state index contributed by atoms with van der Waals surface area (Å²) >= 11 is 0. The number of hydrogen-bond donors (Lipinski definition) is 2. The van der Waals surface area contributed by atoms with Gasteiger partial charge in [-0.05, 0) is 42.3 Å². The van der Waals surface area contributed by atoms with Crippen molar-refractivity contribution in [2.45, 2.75) is 25.0 Å². The van der Waals surface area contributed by atoms with Crippen LogP contribution in [0, 0.1) is 5.82 Å². The first-order valence-electron chi connectivity index (χ1n) is 12.1. The summed E-state index contributed by atoms with van der Waals surface area (Å²) in [6.45, 7) is 5.95. The molecule has 0 saturated carbocycles. The SMILES string of the molecule is Fc1ccc2[nH]ccc2c1-c1nc(N2CCOCC2)c2cc(CN3CC4CC3CN4)ccc2n1. The van der Waals surface area contributed by atoms with Crippen molar-refractivity contribution < 1.29 is 9.13 Å². The van der Waals surface area contributed by atoms with Crippen molar-refractivity contribution in [3.63, 3.8) is 0 Å². The van der Waals surface area contributed by atoms with Crippen LogP contribution in [0.4, 0.5) is 10.2 Å². The number of aromatic amines is 1. The molecule has 2 aromatic carbocycles. The zero-order chi connectivity index (χ0) is 22.6. The van der Waals surface area contributed by atoms with Gasteiger partial charge in [-0.1, -0.05) is 6.07 Å². The molecule has 34 heavy (non-hydrogen) atoms. The summed E-state index contributed by atoms with van der Waals surface area (Å²) in [5, 5.41) is 5.39. The largest absolute Gasteiger partial charge is 0.378 e. The standard InChI is InChI=1S/C26H27FN6O/c27-21-2-4-22-19(5-6-28-22)24(21)25-30-23-3-1-16(14-33-15-17-12-18(33)13-29-17)11-20(23)26(31-25)32-7-9-34-10-8-32/h1-6,11,17-18,28-29H,7-10,12-15H2. The number of fused-ring (bicyclic) bond motifs is 4. The van der Waals surface area contributed by atoms with Crippen molar-refractivity contribution in [3.05, 3.63) is 54.0 Å². The lowest BCUT2D eigenvalue weighted by molar-refractivity contribution is 0.122. The van der Waals surface area contributed by atoms with E-state index in [0.29, 0.717) is 36.7 Å². The van der Waals surface area contributed by atoms with Gasteiger partial charge in [0.25, 0.3) is 0 Å². The Morgan fingerprint density at radius 2 is 1.97 bits per heavy atom. The van der Waals surface area contributed by atoms with E-state index in [1.165, 1.54) is 18.1 Å². The average Bonchev–Trinajstić information content (AvgIpc) is 3.61. The van der Waals surface area contributed by atoms with Gasteiger partial charge in [-0.25, -0.2) is 14.4 Å². The number of anilines is 1. The van der Waals surface area contributed by atoms with Crippen molar-refractivity contribution in [2.75, 3.05) is 44.3 Å². The Morgan fingerprint density at radius 3 is 2.79 bits per heavy atom. The number of rotatable bonds is 4. The van der Waals surface area contributed by atoms with Crippen LogP contribution < -0.4 is 10.2 Å². The minimum absolute atomic E-state index is 0.311. The molecular formula is C26H27FN6O. The minimum Gasteiger partial charge on any atom is -0.378 e. The topological polar surface area (TPSA) is 69.3 Å². The number of morpholine rings is 1. The molecule has 0 amide bonds. The maximum Gasteiger partial charge on any atom is 0.165 e. The molecule has 5 heterocycles. The number of benzene rings is 2. The molecule has 3 saturated heterocycles. The van der Waals surface area contributed by atoms with E-state index in [1.54, 1.807) is 6.07 Å². The van der Waals surface area contributed by atoms with E-state index in [-0.39, 0.29) is 5.82 Å². The molecular weight excluding hydrogens is 431 g/mol. The first-order valence-corrected chi connectivity index (χ1v) is 12.1. The molecule has 2 bridgehead atoms. The molecule has 174 valence electrons. The summed E-state index contributed by atoms with van der Waals surface area (Å²) in [6.07, 6.45) is 3.07. The normalized spacial score (nSPS) is 22.9. The highest BCUT2D eigenvalue weighted by Gasteiger charge is 2.37. The number of hydrogen-bond acceptors (Lipinski definition) is 6. The summed E-state index contributed by atoms with van der Waals surface area (Å²) in [5.74, 6) is 0.975. The highest BCUT2D eigenvalue weighted by Crippen LogP contribution is 2.34. The fourth-order valence-corrected chi connectivity index (χ4v) is 5.80. The lowest BCUT2D eigenvalue weighted by atomic mass is 10.1. The Hall–Kier alpha value is -3.07. The molecule has 2 atom stereocenters. The van der Waals surface area contributed by atoms with E-state index in [4.69, 9.17) is 14.7 Å². The zero-order valence-electron chi connectivity index (χ0n) is 18.9. The third-order valence-corrected chi connectivity index (χ3v) is 7.51. The van der Waals surface area contributed by atoms with Crippen LogP contribution in [-0.4, -0.2) is 71.3 Å². The predicted molar refractivity (Wildman–Crippen MR) is 130 cm³/mol. The summed E-state index contributed by atoms with van der Waals surface area (Å²) in [5.41, 5.74) is 3.43. The van der Waals surface area contributed by atoms with Gasteiger partial charge in [0, 0.05) is 67.3 Å². The predicted octanol–water partition coefficient (Wildman–Crippen LogP) is 3.30. The zero-order valence-corrected chi connectivity index (χ0v) is 18.9. The summed E-state index contributed by atoms with van der Waals surface area (Å²) in [6, 6.07) is 12.8.